The molecule has 0 atom stereocenters. The molecular formula is C39H42O8. The van der Waals surface area contributed by atoms with Gasteiger partial charge < -0.3 is 28.4 Å². The maximum absolute atomic E-state index is 10.9. The zero-order chi connectivity index (χ0) is 33.7. The molecule has 0 N–H and O–H groups in total. The van der Waals surface area contributed by atoms with Crippen molar-refractivity contribution in [2.45, 2.75) is 32.6 Å². The van der Waals surface area contributed by atoms with Gasteiger partial charge in [-0.25, -0.2) is 0 Å². The van der Waals surface area contributed by atoms with Gasteiger partial charge in [0.25, 0.3) is 0 Å². The molecule has 0 aliphatic carbocycles. The Morgan fingerprint density at radius 1 is 0.574 bits per heavy atom. The third kappa shape index (κ3) is 11.7. The Bertz CT molecular complexity index is 1580. The van der Waals surface area contributed by atoms with Gasteiger partial charge in [0.05, 0.1) is 27.9 Å². The Labute approximate surface area is 277 Å². The lowest BCUT2D eigenvalue weighted by Crippen LogP contribution is -1.98. The fourth-order valence-corrected chi connectivity index (χ4v) is 4.28. The molecule has 0 unspecified atom stereocenters. The normalized spacial score (nSPS) is 11.0. The van der Waals surface area contributed by atoms with Crippen LogP contribution in [0.3, 0.4) is 0 Å². The maximum Gasteiger partial charge on any atom is 0.168 e. The SMILES string of the molecule is CCCCCCOC(=COc1ccc(C=O)cc1OC)c1ccccc1.COC(=COc1ccc(C=O)cc1OC)c1ccccc1. The van der Waals surface area contributed by atoms with Crippen LogP contribution in [-0.2, 0) is 9.47 Å². The van der Waals surface area contributed by atoms with Crippen LogP contribution < -0.4 is 18.9 Å². The fraction of sp³-hybridized carbons (Fsp3) is 0.231. The Morgan fingerprint density at radius 2 is 1.06 bits per heavy atom. The minimum absolute atomic E-state index is 0.486. The molecule has 246 valence electrons. The van der Waals surface area contributed by atoms with Crippen molar-refractivity contribution in [2.24, 2.45) is 0 Å². The smallest absolute Gasteiger partial charge is 0.168 e. The summed E-state index contributed by atoms with van der Waals surface area (Å²) in [7, 11) is 4.65. The molecule has 0 amide bonds. The number of hydrogen-bond acceptors (Lipinski definition) is 8. The Hall–Kier alpha value is -5.50. The summed E-state index contributed by atoms with van der Waals surface area (Å²) in [6, 6.07) is 29.5. The molecular weight excluding hydrogens is 596 g/mol. The monoisotopic (exact) mass is 638 g/mol. The van der Waals surface area contributed by atoms with E-state index in [9.17, 15) is 9.59 Å². The molecule has 4 aromatic rings. The van der Waals surface area contributed by atoms with Crippen molar-refractivity contribution in [3.05, 3.63) is 132 Å². The quantitative estimate of drug-likeness (QED) is 0.0643. The van der Waals surface area contributed by atoms with Crippen LogP contribution in [0.2, 0.25) is 0 Å². The lowest BCUT2D eigenvalue weighted by Gasteiger charge is -2.12. The van der Waals surface area contributed by atoms with E-state index in [1.165, 1.54) is 26.2 Å². The molecule has 0 saturated carbocycles. The Kier molecular flexibility index (Phi) is 15.7. The van der Waals surface area contributed by atoms with Crippen molar-refractivity contribution in [3.63, 3.8) is 0 Å². The third-order valence-electron chi connectivity index (χ3n) is 6.83. The molecule has 0 bridgehead atoms. The number of benzene rings is 4. The molecule has 0 heterocycles. The second kappa shape index (κ2) is 20.5. The first kappa shape index (κ1) is 36.0. The van der Waals surface area contributed by atoms with Crippen LogP contribution in [0, 0.1) is 0 Å². The molecule has 8 nitrogen and oxygen atoms in total. The van der Waals surface area contributed by atoms with E-state index in [0.29, 0.717) is 52.3 Å². The highest BCUT2D eigenvalue weighted by Crippen LogP contribution is 2.30. The highest BCUT2D eigenvalue weighted by Gasteiger charge is 2.09. The largest absolute Gasteiger partial charge is 0.493 e. The van der Waals surface area contributed by atoms with Gasteiger partial charge in [0.15, 0.2) is 34.5 Å². The number of hydrogen-bond donors (Lipinski definition) is 0. The topological polar surface area (TPSA) is 89.5 Å². The van der Waals surface area contributed by atoms with Gasteiger partial charge in [0, 0.05) is 22.3 Å². The summed E-state index contributed by atoms with van der Waals surface area (Å²) < 4.78 is 33.2. The molecule has 4 aromatic carbocycles. The molecule has 4 rings (SSSR count). The summed E-state index contributed by atoms with van der Waals surface area (Å²) >= 11 is 0. The van der Waals surface area contributed by atoms with E-state index in [-0.39, 0.29) is 0 Å². The number of ether oxygens (including phenoxy) is 6. The maximum atomic E-state index is 10.9. The van der Waals surface area contributed by atoms with Crippen molar-refractivity contribution < 1.29 is 38.0 Å². The first-order valence-electron chi connectivity index (χ1n) is 15.3. The first-order chi connectivity index (χ1) is 23.1. The van der Waals surface area contributed by atoms with Crippen LogP contribution >= 0.6 is 0 Å². The molecule has 0 spiro atoms. The molecule has 0 aliphatic rings. The van der Waals surface area contributed by atoms with Gasteiger partial charge >= 0.3 is 0 Å². The Balaban J connectivity index is 0.000000261. The second-order valence-corrected chi connectivity index (χ2v) is 10.1. The van der Waals surface area contributed by atoms with Gasteiger partial charge in [0.2, 0.25) is 0 Å². The van der Waals surface area contributed by atoms with Crippen molar-refractivity contribution in [3.8, 4) is 23.0 Å². The Morgan fingerprint density at radius 3 is 1.51 bits per heavy atom. The average Bonchev–Trinajstić information content (AvgIpc) is 3.14. The predicted molar refractivity (Wildman–Crippen MR) is 184 cm³/mol. The van der Waals surface area contributed by atoms with Crippen molar-refractivity contribution >= 4 is 24.1 Å². The zero-order valence-electron chi connectivity index (χ0n) is 27.3. The van der Waals surface area contributed by atoms with Gasteiger partial charge in [-0.3, -0.25) is 9.59 Å². The third-order valence-corrected chi connectivity index (χ3v) is 6.83. The summed E-state index contributed by atoms with van der Waals surface area (Å²) in [6.45, 7) is 2.83. The molecule has 47 heavy (non-hydrogen) atoms. The van der Waals surface area contributed by atoms with Crippen LogP contribution in [0.25, 0.3) is 11.5 Å². The van der Waals surface area contributed by atoms with Crippen molar-refractivity contribution in [1.82, 2.24) is 0 Å². The van der Waals surface area contributed by atoms with Crippen LogP contribution in [0.4, 0.5) is 0 Å². The standard InChI is InChI=1S/C22H26O4.C17H16O4/c1-3-4-5-9-14-25-22(19-10-7-6-8-11-19)17-26-20-13-12-18(16-23)15-21(20)24-2;1-19-16-10-13(11-18)8-9-15(16)21-12-17(20-2)14-6-4-3-5-7-14/h6-8,10-13,15-17H,3-5,9,14H2,1-2H3;3-12H,1-2H3. The number of rotatable bonds is 17. The molecule has 0 radical (unpaired) electrons. The minimum atomic E-state index is 0.486. The summed E-state index contributed by atoms with van der Waals surface area (Å²) in [5.41, 5.74) is 2.92. The molecule has 0 saturated heterocycles. The second-order valence-electron chi connectivity index (χ2n) is 10.1. The van der Waals surface area contributed by atoms with E-state index in [1.54, 1.807) is 56.9 Å². The highest BCUT2D eigenvalue weighted by atomic mass is 16.5. The van der Waals surface area contributed by atoms with Crippen molar-refractivity contribution in [1.29, 1.82) is 0 Å². The van der Waals surface area contributed by atoms with Crippen molar-refractivity contribution in [2.75, 3.05) is 27.9 Å². The number of unbranched alkanes of at least 4 members (excludes halogenated alkanes) is 3. The van der Waals surface area contributed by atoms with Gasteiger partial charge in [-0.1, -0.05) is 86.8 Å². The average molecular weight is 639 g/mol. The van der Waals surface area contributed by atoms with Gasteiger partial charge in [-0.2, -0.15) is 0 Å². The van der Waals surface area contributed by atoms with E-state index in [2.05, 4.69) is 6.92 Å². The number of carbonyl (C=O) groups excluding carboxylic acids is 2. The lowest BCUT2D eigenvalue weighted by atomic mass is 10.2. The van der Waals surface area contributed by atoms with E-state index < -0.39 is 0 Å². The number of carbonyl (C=O) groups is 2. The molecule has 0 aliphatic heterocycles. The summed E-state index contributed by atoms with van der Waals surface area (Å²) in [5, 5.41) is 0. The van der Waals surface area contributed by atoms with Gasteiger partial charge in [-0.05, 0) is 42.8 Å². The fourth-order valence-electron chi connectivity index (χ4n) is 4.28. The molecule has 0 fully saturated rings. The summed E-state index contributed by atoms with van der Waals surface area (Å²) in [4.78, 5) is 21.7. The predicted octanol–water partition coefficient (Wildman–Crippen LogP) is 9.01. The molecule has 0 aromatic heterocycles. The van der Waals surface area contributed by atoms with Gasteiger partial charge in [-0.15, -0.1) is 0 Å². The van der Waals surface area contributed by atoms with Crippen LogP contribution in [-0.4, -0.2) is 40.5 Å². The number of methoxy groups -OCH3 is 3. The number of aldehydes is 2. The summed E-state index contributed by atoms with van der Waals surface area (Å²) in [5.74, 6) is 3.29. The minimum Gasteiger partial charge on any atom is -0.493 e. The van der Waals surface area contributed by atoms with E-state index in [0.717, 1.165) is 36.5 Å². The van der Waals surface area contributed by atoms with Crippen LogP contribution in [0.5, 0.6) is 23.0 Å². The van der Waals surface area contributed by atoms with Crippen LogP contribution in [0.15, 0.2) is 110 Å². The zero-order valence-corrected chi connectivity index (χ0v) is 27.3. The first-order valence-corrected chi connectivity index (χ1v) is 15.3. The van der Waals surface area contributed by atoms with Crippen LogP contribution in [0.1, 0.15) is 64.4 Å². The van der Waals surface area contributed by atoms with E-state index in [4.69, 9.17) is 28.4 Å². The summed E-state index contributed by atoms with van der Waals surface area (Å²) in [6.07, 6.45) is 9.20. The van der Waals surface area contributed by atoms with E-state index in [1.807, 2.05) is 60.7 Å². The molecule has 8 heteroatoms. The lowest BCUT2D eigenvalue weighted by molar-refractivity contribution is 0.111. The highest BCUT2D eigenvalue weighted by molar-refractivity contribution is 5.77. The van der Waals surface area contributed by atoms with Gasteiger partial charge in [0.1, 0.15) is 25.1 Å². The van der Waals surface area contributed by atoms with E-state index >= 15 is 0 Å².